The van der Waals surface area contributed by atoms with E-state index < -0.39 is 5.91 Å². The molecule has 0 saturated heterocycles. The highest BCUT2D eigenvalue weighted by molar-refractivity contribution is 7.15. The van der Waals surface area contributed by atoms with Crippen molar-refractivity contribution < 1.29 is 14.3 Å². The van der Waals surface area contributed by atoms with Crippen molar-refractivity contribution in [3.8, 4) is 5.75 Å². The SMILES string of the molecule is COc1ccc(C(=O)Nc2nc(C(=O)Nc3nnc(C)s3)cs2)cc1. The Bertz CT molecular complexity index is 904. The smallest absolute Gasteiger partial charge is 0.277 e. The Hall–Kier alpha value is -2.85. The van der Waals surface area contributed by atoms with E-state index in [2.05, 4.69) is 25.8 Å². The summed E-state index contributed by atoms with van der Waals surface area (Å²) in [6, 6.07) is 6.68. The molecule has 0 fully saturated rings. The van der Waals surface area contributed by atoms with Gasteiger partial charge in [0.1, 0.15) is 16.5 Å². The zero-order valence-corrected chi connectivity index (χ0v) is 14.9. The summed E-state index contributed by atoms with van der Waals surface area (Å²) >= 11 is 2.43. The van der Waals surface area contributed by atoms with Gasteiger partial charge in [0.2, 0.25) is 5.13 Å². The van der Waals surface area contributed by atoms with Crippen LogP contribution in [0.15, 0.2) is 29.6 Å². The van der Waals surface area contributed by atoms with Crippen LogP contribution in [0, 0.1) is 6.92 Å². The third-order valence-corrected chi connectivity index (χ3v) is 4.57. The van der Waals surface area contributed by atoms with Gasteiger partial charge in [-0.25, -0.2) is 4.98 Å². The second-order valence-electron chi connectivity index (χ2n) is 4.80. The molecule has 2 aromatic heterocycles. The molecular weight excluding hydrogens is 362 g/mol. The fraction of sp³-hybridized carbons (Fsp3) is 0.133. The molecule has 8 nitrogen and oxygen atoms in total. The van der Waals surface area contributed by atoms with Crippen molar-refractivity contribution >= 4 is 44.8 Å². The molecule has 0 saturated carbocycles. The van der Waals surface area contributed by atoms with Gasteiger partial charge in [-0.15, -0.1) is 21.5 Å². The Morgan fingerprint density at radius 1 is 1.04 bits per heavy atom. The van der Waals surface area contributed by atoms with Crippen molar-refractivity contribution in [2.45, 2.75) is 6.92 Å². The van der Waals surface area contributed by atoms with Gasteiger partial charge in [0, 0.05) is 10.9 Å². The lowest BCUT2D eigenvalue weighted by Crippen LogP contribution is -2.14. The standard InChI is InChI=1S/C15H13N5O3S2/c1-8-19-20-15(25-8)18-13(22)11-7-24-14(16-11)17-12(21)9-3-5-10(23-2)6-4-9/h3-7H,1-2H3,(H,16,17,21)(H,18,20,22). The molecule has 2 heterocycles. The molecule has 0 aliphatic rings. The Morgan fingerprint density at radius 3 is 2.40 bits per heavy atom. The summed E-state index contributed by atoms with van der Waals surface area (Å²) in [6.07, 6.45) is 0. The summed E-state index contributed by atoms with van der Waals surface area (Å²) in [7, 11) is 1.56. The molecule has 2 amide bonds. The molecule has 10 heteroatoms. The number of carbonyl (C=O) groups is 2. The molecule has 0 radical (unpaired) electrons. The van der Waals surface area contributed by atoms with Gasteiger partial charge < -0.3 is 4.74 Å². The third-order valence-electron chi connectivity index (χ3n) is 3.06. The van der Waals surface area contributed by atoms with E-state index in [-0.39, 0.29) is 11.6 Å². The number of aryl methyl sites for hydroxylation is 1. The number of nitrogens with zero attached hydrogens (tertiary/aromatic N) is 3. The quantitative estimate of drug-likeness (QED) is 0.710. The lowest BCUT2D eigenvalue weighted by Gasteiger charge is -2.03. The zero-order chi connectivity index (χ0) is 17.8. The Labute approximate surface area is 150 Å². The molecule has 3 aromatic rings. The molecule has 3 rings (SSSR count). The number of nitrogens with one attached hydrogen (secondary N) is 2. The maximum Gasteiger partial charge on any atom is 0.277 e. The van der Waals surface area contributed by atoms with Gasteiger partial charge in [-0.1, -0.05) is 11.3 Å². The van der Waals surface area contributed by atoms with Gasteiger partial charge in [-0.3, -0.25) is 20.2 Å². The number of methoxy groups -OCH3 is 1. The molecule has 0 atom stereocenters. The van der Waals surface area contributed by atoms with E-state index in [1.165, 1.54) is 11.3 Å². The summed E-state index contributed by atoms with van der Waals surface area (Å²) < 4.78 is 5.05. The van der Waals surface area contributed by atoms with Crippen LogP contribution in [-0.4, -0.2) is 34.1 Å². The second-order valence-corrected chi connectivity index (χ2v) is 6.84. The van der Waals surface area contributed by atoms with E-state index in [1.807, 2.05) is 0 Å². The second kappa shape index (κ2) is 7.36. The number of carbonyl (C=O) groups excluding carboxylic acids is 2. The molecule has 128 valence electrons. The van der Waals surface area contributed by atoms with E-state index in [0.717, 1.165) is 16.3 Å². The average Bonchev–Trinajstić information content (AvgIpc) is 3.24. The molecule has 0 unspecified atom stereocenters. The largest absolute Gasteiger partial charge is 0.497 e. The van der Waals surface area contributed by atoms with Crippen molar-refractivity contribution in [3.05, 3.63) is 45.9 Å². The number of aromatic nitrogens is 3. The monoisotopic (exact) mass is 375 g/mol. The van der Waals surface area contributed by atoms with Crippen LogP contribution >= 0.6 is 22.7 Å². The number of hydrogen-bond acceptors (Lipinski definition) is 8. The zero-order valence-electron chi connectivity index (χ0n) is 13.3. The molecule has 0 bridgehead atoms. The average molecular weight is 375 g/mol. The van der Waals surface area contributed by atoms with Crippen molar-refractivity contribution in [2.75, 3.05) is 17.7 Å². The summed E-state index contributed by atoms with van der Waals surface area (Å²) in [5, 5.41) is 16.0. The minimum atomic E-state index is -0.405. The van der Waals surface area contributed by atoms with Gasteiger partial charge >= 0.3 is 0 Å². The summed E-state index contributed by atoms with van der Waals surface area (Å²) in [5.41, 5.74) is 0.661. The van der Waals surface area contributed by atoms with Crippen LogP contribution in [0.25, 0.3) is 0 Å². The lowest BCUT2D eigenvalue weighted by molar-refractivity contribution is 0.101. The number of benzene rings is 1. The van der Waals surface area contributed by atoms with Gasteiger partial charge in [0.15, 0.2) is 5.13 Å². The number of rotatable bonds is 5. The first kappa shape index (κ1) is 17.0. The van der Waals surface area contributed by atoms with Crippen molar-refractivity contribution in [1.29, 1.82) is 0 Å². The maximum absolute atomic E-state index is 12.2. The van der Waals surface area contributed by atoms with E-state index in [1.54, 1.807) is 43.7 Å². The number of ether oxygens (including phenoxy) is 1. The van der Waals surface area contributed by atoms with Gasteiger partial charge in [0.05, 0.1) is 7.11 Å². The van der Waals surface area contributed by atoms with Crippen LogP contribution in [0.2, 0.25) is 0 Å². The predicted molar refractivity (Wildman–Crippen MR) is 95.7 cm³/mol. The van der Waals surface area contributed by atoms with Crippen LogP contribution in [0.5, 0.6) is 5.75 Å². The molecular formula is C15H13N5O3S2. The van der Waals surface area contributed by atoms with Gasteiger partial charge in [-0.05, 0) is 31.2 Å². The topological polar surface area (TPSA) is 106 Å². The van der Waals surface area contributed by atoms with Crippen LogP contribution in [-0.2, 0) is 0 Å². The third kappa shape index (κ3) is 4.17. The van der Waals surface area contributed by atoms with Crippen LogP contribution in [0.3, 0.4) is 0 Å². The Kier molecular flexibility index (Phi) is 5.00. The highest BCUT2D eigenvalue weighted by Crippen LogP contribution is 2.20. The molecule has 0 spiro atoms. The van der Waals surface area contributed by atoms with Gasteiger partial charge in [-0.2, -0.15) is 0 Å². The fourth-order valence-electron chi connectivity index (χ4n) is 1.86. The highest BCUT2D eigenvalue weighted by Gasteiger charge is 2.15. The predicted octanol–water partition coefficient (Wildman–Crippen LogP) is 2.82. The van der Waals surface area contributed by atoms with E-state index >= 15 is 0 Å². The first-order valence-electron chi connectivity index (χ1n) is 7.07. The minimum Gasteiger partial charge on any atom is -0.497 e. The van der Waals surface area contributed by atoms with E-state index in [9.17, 15) is 9.59 Å². The molecule has 2 N–H and O–H groups in total. The minimum absolute atomic E-state index is 0.197. The summed E-state index contributed by atoms with van der Waals surface area (Å²) in [6.45, 7) is 1.79. The molecule has 1 aromatic carbocycles. The molecule has 0 aliphatic heterocycles. The number of amides is 2. The highest BCUT2D eigenvalue weighted by atomic mass is 32.1. The number of hydrogen-bond donors (Lipinski definition) is 2. The van der Waals surface area contributed by atoms with Crippen LogP contribution in [0.1, 0.15) is 25.9 Å². The lowest BCUT2D eigenvalue weighted by atomic mass is 10.2. The first-order chi connectivity index (χ1) is 12.0. The van der Waals surface area contributed by atoms with Crippen molar-refractivity contribution in [3.63, 3.8) is 0 Å². The fourth-order valence-corrected chi connectivity index (χ4v) is 3.13. The van der Waals surface area contributed by atoms with Crippen molar-refractivity contribution in [1.82, 2.24) is 15.2 Å². The Morgan fingerprint density at radius 2 is 1.76 bits per heavy atom. The normalized spacial score (nSPS) is 10.3. The Balaban J connectivity index is 1.64. The molecule has 0 aliphatic carbocycles. The van der Waals surface area contributed by atoms with E-state index in [4.69, 9.17) is 4.74 Å². The maximum atomic E-state index is 12.2. The van der Waals surface area contributed by atoms with Crippen molar-refractivity contribution in [2.24, 2.45) is 0 Å². The summed E-state index contributed by atoms with van der Waals surface area (Å²) in [5.74, 6) is -0.0577. The van der Waals surface area contributed by atoms with Crippen LogP contribution in [0.4, 0.5) is 10.3 Å². The molecule has 25 heavy (non-hydrogen) atoms. The van der Waals surface area contributed by atoms with Gasteiger partial charge in [0.25, 0.3) is 11.8 Å². The first-order valence-corrected chi connectivity index (χ1v) is 8.77. The number of anilines is 2. The van der Waals surface area contributed by atoms with Crippen LogP contribution < -0.4 is 15.4 Å². The number of thiazole rings is 1. The summed E-state index contributed by atoms with van der Waals surface area (Å²) in [4.78, 5) is 28.4. The van der Waals surface area contributed by atoms with E-state index in [0.29, 0.717) is 21.6 Å².